The Kier molecular flexibility index (Phi) is 4.99. The van der Waals surface area contributed by atoms with Gasteiger partial charge in [0.25, 0.3) is 5.56 Å². The molecule has 4 N–H and O–H groups in total. The van der Waals surface area contributed by atoms with Crippen LogP contribution in [0, 0.1) is 5.92 Å². The number of hydrogen-bond donors (Lipinski definition) is 4. The van der Waals surface area contributed by atoms with Crippen molar-refractivity contribution in [3.8, 4) is 0 Å². The summed E-state index contributed by atoms with van der Waals surface area (Å²) < 4.78 is 19.7. The minimum Gasteiger partial charge on any atom is -0.394 e. The number of aromatic nitrogens is 4. The van der Waals surface area contributed by atoms with E-state index in [0.29, 0.717) is 12.5 Å². The molecule has 11 heteroatoms. The second-order valence-corrected chi connectivity index (χ2v) is 6.31. The van der Waals surface area contributed by atoms with Crippen molar-refractivity contribution in [1.29, 1.82) is 0 Å². The highest BCUT2D eigenvalue weighted by atomic mass is 19.3. The lowest BCUT2D eigenvalue weighted by Crippen LogP contribution is -2.34. The number of aliphatic hydroxyl groups is 2. The largest absolute Gasteiger partial charge is 0.394 e. The molecule has 4 atom stereocenters. The molecule has 3 heterocycles. The zero-order valence-corrected chi connectivity index (χ0v) is 13.7. The first-order valence-corrected chi connectivity index (χ1v) is 7.88. The molecule has 2 unspecified atom stereocenters. The van der Waals surface area contributed by atoms with Crippen LogP contribution in [0.2, 0.25) is 0 Å². The lowest BCUT2D eigenvalue weighted by atomic mass is 10.1. The van der Waals surface area contributed by atoms with Crippen molar-refractivity contribution in [3.63, 3.8) is 0 Å². The molecule has 1 fully saturated rings. The number of fused-ring (bicyclic) bond motifs is 1. The highest BCUT2D eigenvalue weighted by Crippen LogP contribution is 2.33. The van der Waals surface area contributed by atoms with Crippen molar-refractivity contribution >= 4 is 17.1 Å². The van der Waals surface area contributed by atoms with E-state index in [1.165, 1.54) is 10.9 Å². The number of nitrogens with zero attached hydrogens (tertiary/aromatic N) is 3. The van der Waals surface area contributed by atoms with Gasteiger partial charge in [0.15, 0.2) is 23.5 Å². The smallest absolute Gasteiger partial charge is 0.280 e. The molecule has 1 aliphatic rings. The van der Waals surface area contributed by atoms with Crippen LogP contribution in [-0.2, 0) is 9.68 Å². The Labute approximate surface area is 141 Å². The van der Waals surface area contributed by atoms with Crippen molar-refractivity contribution in [2.45, 2.75) is 38.4 Å². The predicted molar refractivity (Wildman–Crippen MR) is 84.5 cm³/mol. The zero-order valence-electron chi connectivity index (χ0n) is 13.7. The van der Waals surface area contributed by atoms with E-state index < -0.39 is 36.7 Å². The van der Waals surface area contributed by atoms with Crippen LogP contribution in [0.3, 0.4) is 0 Å². The van der Waals surface area contributed by atoms with E-state index in [1.54, 1.807) is 0 Å². The van der Waals surface area contributed by atoms with Gasteiger partial charge in [-0.25, -0.2) is 4.98 Å². The van der Waals surface area contributed by atoms with Crippen LogP contribution in [0.15, 0.2) is 11.1 Å². The van der Waals surface area contributed by atoms with Gasteiger partial charge in [0.1, 0.15) is 12.2 Å². The number of H-pyrrole nitrogens is 1. The van der Waals surface area contributed by atoms with Crippen LogP contribution in [0.1, 0.15) is 20.1 Å². The van der Waals surface area contributed by atoms with E-state index in [-0.39, 0.29) is 17.1 Å². The first-order valence-electron chi connectivity index (χ1n) is 7.88. The molecular weight excluding hydrogens is 337 g/mol. The van der Waals surface area contributed by atoms with Gasteiger partial charge in [-0.15, -0.1) is 0 Å². The van der Waals surface area contributed by atoms with Gasteiger partial charge < -0.3 is 20.3 Å². The van der Waals surface area contributed by atoms with Crippen molar-refractivity contribution in [1.82, 2.24) is 19.5 Å². The van der Waals surface area contributed by atoms with Crippen molar-refractivity contribution in [2.24, 2.45) is 5.92 Å². The number of hydrogen-bond acceptors (Lipinski definition) is 8. The predicted octanol–water partition coefficient (Wildman–Crippen LogP) is -0.292. The number of nitrogens with one attached hydrogen (secondary N) is 2. The first kappa shape index (κ1) is 17.7. The Balaban J connectivity index is 2.00. The number of rotatable bonds is 6. The van der Waals surface area contributed by atoms with Crippen LogP contribution in [0.25, 0.3) is 11.2 Å². The van der Waals surface area contributed by atoms with Gasteiger partial charge in [-0.1, -0.05) is 13.8 Å². The average molecular weight is 357 g/mol. The Bertz CT molecular complexity index is 794. The molecule has 0 spiro atoms. The second kappa shape index (κ2) is 7.04. The van der Waals surface area contributed by atoms with Crippen molar-refractivity contribution in [2.75, 3.05) is 18.5 Å². The van der Waals surface area contributed by atoms with Crippen LogP contribution >= 0.6 is 0 Å². The van der Waals surface area contributed by atoms with E-state index in [9.17, 15) is 19.5 Å². The maximum absolute atomic E-state index is 12.9. The average Bonchev–Trinajstić information content (AvgIpc) is 3.13. The van der Waals surface area contributed by atoms with E-state index >= 15 is 0 Å². The molecule has 0 bridgehead atoms. The van der Waals surface area contributed by atoms with Crippen LogP contribution < -0.4 is 10.9 Å². The van der Waals surface area contributed by atoms with Gasteiger partial charge in [-0.05, 0) is 10.4 Å². The fraction of sp³-hybridized carbons (Fsp3) is 0.643. The minimum atomic E-state index is -1.39. The second-order valence-electron chi connectivity index (χ2n) is 6.31. The summed E-state index contributed by atoms with van der Waals surface area (Å²) in [6.07, 6.45) is -3.67. The standard InChI is InChI=1S/C14H20FN5O5/c1-6(2)3-16-14-18-11-8(12(23)19-14)17-5-20(11)13-10(25-15)9(22)7(4-21)24-13/h5-7,9-10,13,21-22H,3-4H2,1-2H3,(H2,16,18,19,23)/t7-,9?,10?,13-/m1/s1. The quantitative estimate of drug-likeness (QED) is 0.554. The molecule has 138 valence electrons. The Hall–Kier alpha value is -2.08. The number of aliphatic hydroxyl groups excluding tert-OH is 2. The molecular formula is C14H20FN5O5. The lowest BCUT2D eigenvalue weighted by Gasteiger charge is -2.17. The van der Waals surface area contributed by atoms with Crippen LogP contribution in [-0.4, -0.2) is 61.2 Å². The Morgan fingerprint density at radius 2 is 2.32 bits per heavy atom. The Morgan fingerprint density at radius 3 is 2.96 bits per heavy atom. The molecule has 2 aromatic rings. The summed E-state index contributed by atoms with van der Waals surface area (Å²) in [5.41, 5.74) is -0.281. The molecule has 0 amide bonds. The van der Waals surface area contributed by atoms with Gasteiger partial charge in [0.2, 0.25) is 5.95 Å². The fourth-order valence-corrected chi connectivity index (χ4v) is 2.69. The number of halogens is 1. The van der Waals surface area contributed by atoms with E-state index in [4.69, 9.17) is 4.74 Å². The third-order valence-electron chi connectivity index (χ3n) is 3.98. The number of imidazole rings is 1. The zero-order chi connectivity index (χ0) is 18.1. The van der Waals surface area contributed by atoms with Gasteiger partial charge in [0, 0.05) is 6.54 Å². The third kappa shape index (κ3) is 3.23. The van der Waals surface area contributed by atoms with E-state index in [1.807, 2.05) is 13.8 Å². The lowest BCUT2D eigenvalue weighted by molar-refractivity contribution is -0.220. The topological polar surface area (TPSA) is 135 Å². The monoisotopic (exact) mass is 357 g/mol. The Morgan fingerprint density at radius 1 is 1.56 bits per heavy atom. The van der Waals surface area contributed by atoms with E-state index in [0.717, 1.165) is 0 Å². The maximum atomic E-state index is 12.9. The first-order chi connectivity index (χ1) is 12.0. The van der Waals surface area contributed by atoms with Crippen molar-refractivity contribution < 1.29 is 24.4 Å². The SMILES string of the molecule is CC(C)CNc1nc2c(ncn2[C@@H]2O[C@H](CO)C(O)C2OF)c(=O)[nH]1. The summed E-state index contributed by atoms with van der Waals surface area (Å²) in [7, 11) is 0. The van der Waals surface area contributed by atoms with E-state index in [2.05, 4.69) is 25.2 Å². The molecule has 25 heavy (non-hydrogen) atoms. The highest BCUT2D eigenvalue weighted by molar-refractivity contribution is 5.70. The molecule has 0 aliphatic carbocycles. The number of aromatic amines is 1. The fourth-order valence-electron chi connectivity index (χ4n) is 2.69. The summed E-state index contributed by atoms with van der Waals surface area (Å²) in [6, 6.07) is 0. The highest BCUT2D eigenvalue weighted by Gasteiger charge is 2.47. The maximum Gasteiger partial charge on any atom is 0.280 e. The molecule has 10 nitrogen and oxygen atoms in total. The molecule has 0 saturated carbocycles. The third-order valence-corrected chi connectivity index (χ3v) is 3.98. The molecule has 0 radical (unpaired) electrons. The van der Waals surface area contributed by atoms with Gasteiger partial charge >= 0.3 is 0 Å². The van der Waals surface area contributed by atoms with Crippen molar-refractivity contribution in [3.05, 3.63) is 16.7 Å². The minimum absolute atomic E-state index is 0.0400. The van der Waals surface area contributed by atoms with Crippen LogP contribution in [0.4, 0.5) is 10.5 Å². The number of anilines is 1. The number of ether oxygens (including phenoxy) is 1. The molecule has 0 aromatic carbocycles. The van der Waals surface area contributed by atoms with Gasteiger partial charge in [-0.2, -0.15) is 9.93 Å². The summed E-state index contributed by atoms with van der Waals surface area (Å²) >= 11 is 0. The van der Waals surface area contributed by atoms with Gasteiger partial charge in [-0.3, -0.25) is 14.3 Å². The molecule has 2 aromatic heterocycles. The van der Waals surface area contributed by atoms with Gasteiger partial charge in [0.05, 0.1) is 12.9 Å². The summed E-state index contributed by atoms with van der Waals surface area (Å²) in [5.74, 6) is 0.566. The molecule has 1 aliphatic heterocycles. The normalized spacial score (nSPS) is 26.6. The summed E-state index contributed by atoms with van der Waals surface area (Å²) in [6.45, 7) is 4.07. The summed E-state index contributed by atoms with van der Waals surface area (Å²) in [5, 5.41) is 22.2. The summed E-state index contributed by atoms with van der Waals surface area (Å²) in [4.78, 5) is 26.8. The van der Waals surface area contributed by atoms with Crippen LogP contribution in [0.5, 0.6) is 0 Å². The molecule has 1 saturated heterocycles. The molecule has 3 rings (SSSR count).